The summed E-state index contributed by atoms with van der Waals surface area (Å²) in [4.78, 5) is 27.4. The number of carbonyl (C=O) groups excluding carboxylic acids is 2. The molecule has 0 radical (unpaired) electrons. The van der Waals surface area contributed by atoms with E-state index in [1.54, 1.807) is 16.7 Å². The molecule has 0 spiro atoms. The molecule has 0 aromatic heterocycles. The number of hydrogen-bond donors (Lipinski definition) is 0. The first-order chi connectivity index (χ1) is 7.81. The van der Waals surface area contributed by atoms with E-state index in [9.17, 15) is 9.59 Å². The molecule has 2 atom stereocenters. The molecule has 0 aromatic carbocycles. The van der Waals surface area contributed by atoms with Crippen molar-refractivity contribution in [2.24, 2.45) is 0 Å². The molecule has 1 unspecified atom stereocenters. The van der Waals surface area contributed by atoms with Crippen LogP contribution in [-0.2, 0) is 9.53 Å². The number of amides is 2. The molecule has 2 aliphatic rings. The van der Waals surface area contributed by atoms with E-state index in [-0.39, 0.29) is 18.2 Å². The fourth-order valence-corrected chi connectivity index (χ4v) is 2.51. The third-order valence-corrected chi connectivity index (χ3v) is 3.20. The molecule has 0 bridgehead atoms. The minimum Gasteiger partial charge on any atom is -0.444 e. The molecule has 2 rings (SSSR count). The fourth-order valence-electron chi connectivity index (χ4n) is 2.51. The van der Waals surface area contributed by atoms with Crippen molar-refractivity contribution in [3.05, 3.63) is 0 Å². The summed E-state index contributed by atoms with van der Waals surface area (Å²) in [6, 6.07) is -0.393. The van der Waals surface area contributed by atoms with E-state index in [0.29, 0.717) is 0 Å². The molecular weight excluding hydrogens is 220 g/mol. The standard InChI is InChI=1S/C12H20N2O3/c1-8-10(15)13-7-5-6-9(13)14(8)11(16)17-12(2,3)4/h8-9H,5-7H2,1-4H3/t8-,9?/m0/s1. The molecule has 5 heteroatoms. The minimum absolute atomic E-state index is 0.0401. The topological polar surface area (TPSA) is 49.9 Å². The summed E-state index contributed by atoms with van der Waals surface area (Å²) < 4.78 is 5.36. The third kappa shape index (κ3) is 2.10. The zero-order chi connectivity index (χ0) is 12.8. The smallest absolute Gasteiger partial charge is 0.412 e. The molecule has 0 aromatic rings. The highest BCUT2D eigenvalue weighted by Crippen LogP contribution is 2.31. The van der Waals surface area contributed by atoms with Crippen LogP contribution >= 0.6 is 0 Å². The van der Waals surface area contributed by atoms with Gasteiger partial charge < -0.3 is 9.64 Å². The molecule has 0 aliphatic carbocycles. The van der Waals surface area contributed by atoms with Crippen LogP contribution < -0.4 is 0 Å². The van der Waals surface area contributed by atoms with Gasteiger partial charge in [-0.1, -0.05) is 0 Å². The van der Waals surface area contributed by atoms with Crippen LogP contribution in [0.4, 0.5) is 4.79 Å². The number of fused-ring (bicyclic) bond motifs is 1. The van der Waals surface area contributed by atoms with Crippen molar-refractivity contribution in [1.29, 1.82) is 0 Å². The zero-order valence-electron chi connectivity index (χ0n) is 10.9. The van der Waals surface area contributed by atoms with Gasteiger partial charge in [0, 0.05) is 6.54 Å². The van der Waals surface area contributed by atoms with E-state index >= 15 is 0 Å². The van der Waals surface area contributed by atoms with Crippen LogP contribution in [0.1, 0.15) is 40.5 Å². The zero-order valence-corrected chi connectivity index (χ0v) is 10.9. The quantitative estimate of drug-likeness (QED) is 0.646. The molecule has 96 valence electrons. The van der Waals surface area contributed by atoms with E-state index < -0.39 is 11.6 Å². The van der Waals surface area contributed by atoms with Gasteiger partial charge in [0.25, 0.3) is 0 Å². The van der Waals surface area contributed by atoms with Gasteiger partial charge in [-0.25, -0.2) is 4.79 Å². The van der Waals surface area contributed by atoms with Crippen molar-refractivity contribution in [3.63, 3.8) is 0 Å². The monoisotopic (exact) mass is 240 g/mol. The van der Waals surface area contributed by atoms with Gasteiger partial charge in [0.05, 0.1) is 0 Å². The highest BCUT2D eigenvalue weighted by molar-refractivity contribution is 5.89. The largest absolute Gasteiger partial charge is 0.444 e. The summed E-state index contributed by atoms with van der Waals surface area (Å²) in [6.07, 6.45) is 1.35. The van der Waals surface area contributed by atoms with Crippen molar-refractivity contribution >= 4 is 12.0 Å². The molecule has 17 heavy (non-hydrogen) atoms. The van der Waals surface area contributed by atoms with Gasteiger partial charge >= 0.3 is 6.09 Å². The lowest BCUT2D eigenvalue weighted by atomic mass is 10.2. The number of carbonyl (C=O) groups is 2. The summed E-state index contributed by atoms with van der Waals surface area (Å²) in [6.45, 7) is 8.03. The first kappa shape index (κ1) is 12.2. The summed E-state index contributed by atoms with van der Waals surface area (Å²) in [5, 5.41) is 0. The Hall–Kier alpha value is -1.26. The van der Waals surface area contributed by atoms with Crippen molar-refractivity contribution in [2.75, 3.05) is 6.54 Å². The first-order valence-corrected chi connectivity index (χ1v) is 6.13. The number of rotatable bonds is 0. The lowest BCUT2D eigenvalue weighted by molar-refractivity contribution is -0.128. The van der Waals surface area contributed by atoms with Crippen LogP contribution in [0.2, 0.25) is 0 Å². The first-order valence-electron chi connectivity index (χ1n) is 6.13. The van der Waals surface area contributed by atoms with Gasteiger partial charge in [0.15, 0.2) is 0 Å². The maximum absolute atomic E-state index is 12.1. The average Bonchev–Trinajstić information content (AvgIpc) is 2.69. The van der Waals surface area contributed by atoms with Gasteiger partial charge in [-0.05, 0) is 40.5 Å². The van der Waals surface area contributed by atoms with E-state index in [2.05, 4.69) is 0 Å². The second-order valence-corrected chi connectivity index (χ2v) is 5.72. The van der Waals surface area contributed by atoms with Gasteiger partial charge in [0.2, 0.25) is 5.91 Å². The van der Waals surface area contributed by atoms with E-state index in [1.807, 2.05) is 20.8 Å². The SMILES string of the molecule is C[C@H]1C(=O)N2CCCC2N1C(=O)OC(C)(C)C. The van der Waals surface area contributed by atoms with Crippen LogP contribution in [0.3, 0.4) is 0 Å². The Kier molecular flexibility index (Phi) is 2.79. The maximum atomic E-state index is 12.1. The molecule has 2 fully saturated rings. The summed E-state index contributed by atoms with van der Waals surface area (Å²) >= 11 is 0. The second kappa shape index (κ2) is 3.89. The lowest BCUT2D eigenvalue weighted by Crippen LogP contribution is -2.44. The van der Waals surface area contributed by atoms with Crippen LogP contribution in [0.25, 0.3) is 0 Å². The van der Waals surface area contributed by atoms with Crippen LogP contribution in [0, 0.1) is 0 Å². The van der Waals surface area contributed by atoms with Crippen molar-refractivity contribution < 1.29 is 14.3 Å². The van der Waals surface area contributed by atoms with E-state index in [4.69, 9.17) is 4.74 Å². The van der Waals surface area contributed by atoms with Crippen molar-refractivity contribution in [3.8, 4) is 0 Å². The molecule has 0 N–H and O–H groups in total. The maximum Gasteiger partial charge on any atom is 0.412 e. The molecule has 5 nitrogen and oxygen atoms in total. The van der Waals surface area contributed by atoms with E-state index in [0.717, 1.165) is 19.4 Å². The molecule has 2 heterocycles. The van der Waals surface area contributed by atoms with Crippen molar-refractivity contribution in [2.45, 2.75) is 58.3 Å². The van der Waals surface area contributed by atoms with Crippen LogP contribution in [0.15, 0.2) is 0 Å². The van der Waals surface area contributed by atoms with Crippen LogP contribution in [0.5, 0.6) is 0 Å². The average molecular weight is 240 g/mol. The fraction of sp³-hybridized carbons (Fsp3) is 0.833. The predicted octanol–water partition coefficient (Wildman–Crippen LogP) is 1.57. The highest BCUT2D eigenvalue weighted by Gasteiger charge is 2.49. The van der Waals surface area contributed by atoms with Gasteiger partial charge in [-0.3, -0.25) is 9.69 Å². The van der Waals surface area contributed by atoms with Crippen molar-refractivity contribution in [1.82, 2.24) is 9.80 Å². The van der Waals surface area contributed by atoms with Gasteiger partial charge in [-0.2, -0.15) is 0 Å². The summed E-state index contributed by atoms with van der Waals surface area (Å²) in [5.41, 5.74) is -0.522. The normalized spacial score (nSPS) is 28.6. The Bertz CT molecular complexity index is 348. The molecule has 0 saturated carbocycles. The number of ether oxygens (including phenoxy) is 1. The van der Waals surface area contributed by atoms with E-state index in [1.165, 1.54) is 0 Å². The Balaban J connectivity index is 2.15. The van der Waals surface area contributed by atoms with Gasteiger partial charge in [0.1, 0.15) is 17.8 Å². The number of nitrogens with zero attached hydrogens (tertiary/aromatic N) is 2. The molecule has 2 saturated heterocycles. The van der Waals surface area contributed by atoms with Gasteiger partial charge in [-0.15, -0.1) is 0 Å². The summed E-state index contributed by atoms with van der Waals surface area (Å²) in [5.74, 6) is 0.0401. The Morgan fingerprint density at radius 2 is 2.06 bits per heavy atom. The Morgan fingerprint density at radius 1 is 1.41 bits per heavy atom. The minimum atomic E-state index is -0.522. The molecule has 2 amide bonds. The molecule has 2 aliphatic heterocycles. The Labute approximate surface area is 102 Å². The predicted molar refractivity (Wildman–Crippen MR) is 62.3 cm³/mol. The lowest BCUT2D eigenvalue weighted by Gasteiger charge is -2.29. The summed E-state index contributed by atoms with van der Waals surface area (Å²) in [7, 11) is 0. The Morgan fingerprint density at radius 3 is 2.65 bits per heavy atom. The second-order valence-electron chi connectivity index (χ2n) is 5.72. The highest BCUT2D eigenvalue weighted by atomic mass is 16.6. The van der Waals surface area contributed by atoms with Crippen LogP contribution in [-0.4, -0.2) is 46.2 Å². The molecular formula is C12H20N2O3. The third-order valence-electron chi connectivity index (χ3n) is 3.20. The number of hydrogen-bond acceptors (Lipinski definition) is 3.